The molecule has 1 nitrogen and oxygen atoms in total. The lowest BCUT2D eigenvalue weighted by Crippen LogP contribution is -2.34. The normalized spacial score (nSPS) is 21.2. The van der Waals surface area contributed by atoms with Gasteiger partial charge in [0.1, 0.15) is 0 Å². The van der Waals surface area contributed by atoms with Crippen molar-refractivity contribution in [2.45, 2.75) is 25.6 Å². The molecule has 0 N–H and O–H groups in total. The molecule has 1 aromatic carbocycles. The number of benzene rings is 1. The molecule has 0 saturated carbocycles. The number of rotatable bonds is 2. The molecule has 1 heterocycles. The summed E-state index contributed by atoms with van der Waals surface area (Å²) in [6.07, 6.45) is 2.59. The number of alkyl halides is 1. The van der Waals surface area contributed by atoms with Gasteiger partial charge in [-0.1, -0.05) is 24.6 Å². The summed E-state index contributed by atoms with van der Waals surface area (Å²) in [5.74, 6) is 1.31. The summed E-state index contributed by atoms with van der Waals surface area (Å²) in [5.41, 5.74) is 2.40. The molecule has 88 valence electrons. The van der Waals surface area contributed by atoms with Gasteiger partial charge in [-0.25, -0.2) is 0 Å². The number of hydrogen-bond acceptors (Lipinski definition) is 1. The maximum atomic E-state index is 6.06. The lowest BCUT2D eigenvalue weighted by atomic mass is 9.99. The third kappa shape index (κ3) is 2.64. The molecule has 0 aliphatic carbocycles. The van der Waals surface area contributed by atoms with Crippen molar-refractivity contribution in [1.82, 2.24) is 0 Å². The maximum Gasteiger partial charge on any atom is 0.0494 e. The van der Waals surface area contributed by atoms with Crippen molar-refractivity contribution in [3.8, 4) is 0 Å². The molecule has 1 aliphatic heterocycles. The van der Waals surface area contributed by atoms with Crippen LogP contribution >= 0.6 is 23.2 Å². The quantitative estimate of drug-likeness (QED) is 0.714. The van der Waals surface area contributed by atoms with Crippen LogP contribution in [-0.2, 0) is 5.88 Å². The summed E-state index contributed by atoms with van der Waals surface area (Å²) >= 11 is 12.0. The fourth-order valence-corrected chi connectivity index (χ4v) is 2.74. The Morgan fingerprint density at radius 3 is 2.94 bits per heavy atom. The SMILES string of the molecule is CC1CCCN(c2cc(Cl)ccc2CCl)C1. The van der Waals surface area contributed by atoms with Crippen molar-refractivity contribution in [2.75, 3.05) is 18.0 Å². The minimum atomic E-state index is 0.553. The number of anilines is 1. The van der Waals surface area contributed by atoms with Gasteiger partial charge in [0.15, 0.2) is 0 Å². The third-order valence-corrected chi connectivity index (χ3v) is 3.71. The summed E-state index contributed by atoms with van der Waals surface area (Å²) in [7, 11) is 0. The average Bonchev–Trinajstić information content (AvgIpc) is 2.29. The van der Waals surface area contributed by atoms with Crippen LogP contribution in [0.5, 0.6) is 0 Å². The van der Waals surface area contributed by atoms with E-state index in [9.17, 15) is 0 Å². The van der Waals surface area contributed by atoms with Gasteiger partial charge in [0.2, 0.25) is 0 Å². The largest absolute Gasteiger partial charge is 0.371 e. The van der Waals surface area contributed by atoms with Gasteiger partial charge in [-0.05, 0) is 36.5 Å². The van der Waals surface area contributed by atoms with Crippen molar-refractivity contribution < 1.29 is 0 Å². The Bertz CT molecular complexity index is 365. The molecule has 0 radical (unpaired) electrons. The van der Waals surface area contributed by atoms with Crippen molar-refractivity contribution >= 4 is 28.9 Å². The van der Waals surface area contributed by atoms with Crippen molar-refractivity contribution in [3.05, 3.63) is 28.8 Å². The Morgan fingerprint density at radius 1 is 1.44 bits per heavy atom. The Hall–Kier alpha value is -0.400. The predicted octanol–water partition coefficient (Wildman–Crippen LogP) is 4.32. The zero-order valence-electron chi connectivity index (χ0n) is 9.55. The van der Waals surface area contributed by atoms with Crippen LogP contribution in [0.2, 0.25) is 5.02 Å². The first-order chi connectivity index (χ1) is 7.70. The van der Waals surface area contributed by atoms with E-state index >= 15 is 0 Å². The smallest absolute Gasteiger partial charge is 0.0494 e. The van der Waals surface area contributed by atoms with Gasteiger partial charge in [0.25, 0.3) is 0 Å². The predicted molar refractivity (Wildman–Crippen MR) is 71.6 cm³/mol. The lowest BCUT2D eigenvalue weighted by Gasteiger charge is -2.34. The van der Waals surface area contributed by atoms with Crippen LogP contribution < -0.4 is 4.90 Å². The number of hydrogen-bond donors (Lipinski definition) is 0. The lowest BCUT2D eigenvalue weighted by molar-refractivity contribution is 0.446. The van der Waals surface area contributed by atoms with Gasteiger partial charge in [0, 0.05) is 29.7 Å². The molecule has 1 unspecified atom stereocenters. The van der Waals surface area contributed by atoms with Gasteiger partial charge < -0.3 is 4.90 Å². The highest BCUT2D eigenvalue weighted by molar-refractivity contribution is 6.31. The summed E-state index contributed by atoms with van der Waals surface area (Å²) in [4.78, 5) is 2.41. The maximum absolute atomic E-state index is 6.06. The number of halogens is 2. The van der Waals surface area contributed by atoms with E-state index in [0.29, 0.717) is 5.88 Å². The van der Waals surface area contributed by atoms with Crippen molar-refractivity contribution in [1.29, 1.82) is 0 Å². The summed E-state index contributed by atoms with van der Waals surface area (Å²) in [6, 6.07) is 5.98. The Labute approximate surface area is 107 Å². The molecule has 1 atom stereocenters. The molecule has 1 aliphatic rings. The summed E-state index contributed by atoms with van der Waals surface area (Å²) < 4.78 is 0. The van der Waals surface area contributed by atoms with Crippen LogP contribution in [0.4, 0.5) is 5.69 Å². The molecule has 3 heteroatoms. The minimum Gasteiger partial charge on any atom is -0.371 e. The fourth-order valence-electron chi connectivity index (χ4n) is 2.35. The Balaban J connectivity index is 2.26. The standard InChI is InChI=1S/C13H17Cl2N/c1-10-3-2-6-16(9-10)13-7-12(15)5-4-11(13)8-14/h4-5,7,10H,2-3,6,8-9H2,1H3. The highest BCUT2D eigenvalue weighted by atomic mass is 35.5. The molecular weight excluding hydrogens is 241 g/mol. The first-order valence-corrected chi connectivity index (χ1v) is 6.71. The van der Waals surface area contributed by atoms with E-state index in [-0.39, 0.29) is 0 Å². The van der Waals surface area contributed by atoms with E-state index in [1.165, 1.54) is 24.1 Å². The van der Waals surface area contributed by atoms with Gasteiger partial charge >= 0.3 is 0 Å². The van der Waals surface area contributed by atoms with Gasteiger partial charge in [-0.15, -0.1) is 11.6 Å². The topological polar surface area (TPSA) is 3.24 Å². The second kappa shape index (κ2) is 5.29. The molecule has 0 bridgehead atoms. The van der Waals surface area contributed by atoms with Crippen LogP contribution in [0.3, 0.4) is 0 Å². The molecule has 2 rings (SSSR count). The molecule has 1 aromatic rings. The number of piperidine rings is 1. The molecule has 0 spiro atoms. The van der Waals surface area contributed by atoms with Crippen molar-refractivity contribution in [2.24, 2.45) is 5.92 Å². The molecule has 1 fully saturated rings. The van der Waals surface area contributed by atoms with Gasteiger partial charge in [0.05, 0.1) is 0 Å². The fraction of sp³-hybridized carbons (Fsp3) is 0.538. The van der Waals surface area contributed by atoms with Crippen molar-refractivity contribution in [3.63, 3.8) is 0 Å². The van der Waals surface area contributed by atoms with Gasteiger partial charge in [-0.3, -0.25) is 0 Å². The Kier molecular flexibility index (Phi) is 3.99. The molecule has 16 heavy (non-hydrogen) atoms. The monoisotopic (exact) mass is 257 g/mol. The summed E-state index contributed by atoms with van der Waals surface area (Å²) in [5, 5.41) is 0.794. The first-order valence-electron chi connectivity index (χ1n) is 5.80. The summed E-state index contributed by atoms with van der Waals surface area (Å²) in [6.45, 7) is 4.54. The van der Waals surface area contributed by atoms with Gasteiger partial charge in [-0.2, -0.15) is 0 Å². The zero-order chi connectivity index (χ0) is 11.5. The molecule has 0 aromatic heterocycles. The highest BCUT2D eigenvalue weighted by Crippen LogP contribution is 2.29. The zero-order valence-corrected chi connectivity index (χ0v) is 11.1. The minimum absolute atomic E-state index is 0.553. The molecular formula is C13H17Cl2N. The van der Waals surface area contributed by atoms with E-state index in [0.717, 1.165) is 24.0 Å². The second-order valence-electron chi connectivity index (χ2n) is 4.60. The van der Waals surface area contributed by atoms with Crippen LogP contribution in [-0.4, -0.2) is 13.1 Å². The van der Waals surface area contributed by atoms with Crippen LogP contribution in [0.1, 0.15) is 25.3 Å². The van der Waals surface area contributed by atoms with E-state index in [4.69, 9.17) is 23.2 Å². The van der Waals surface area contributed by atoms with Crippen LogP contribution in [0, 0.1) is 5.92 Å². The van der Waals surface area contributed by atoms with E-state index in [2.05, 4.69) is 11.8 Å². The first kappa shape index (κ1) is 12.1. The highest BCUT2D eigenvalue weighted by Gasteiger charge is 2.18. The van der Waals surface area contributed by atoms with E-state index < -0.39 is 0 Å². The average molecular weight is 258 g/mol. The number of nitrogens with zero attached hydrogens (tertiary/aromatic N) is 1. The van der Waals surface area contributed by atoms with E-state index in [1.807, 2.05) is 18.2 Å². The Morgan fingerprint density at radius 2 is 2.25 bits per heavy atom. The molecule has 1 saturated heterocycles. The molecule has 0 amide bonds. The van der Waals surface area contributed by atoms with Crippen LogP contribution in [0.15, 0.2) is 18.2 Å². The van der Waals surface area contributed by atoms with Crippen LogP contribution in [0.25, 0.3) is 0 Å². The van der Waals surface area contributed by atoms with E-state index in [1.54, 1.807) is 0 Å². The second-order valence-corrected chi connectivity index (χ2v) is 5.30. The third-order valence-electron chi connectivity index (χ3n) is 3.19.